The molecule has 0 amide bonds. The van der Waals surface area contributed by atoms with E-state index in [1.807, 2.05) is 38.1 Å². The lowest BCUT2D eigenvalue weighted by atomic mass is 10.2. The Labute approximate surface area is 117 Å². The maximum absolute atomic E-state index is 12.1. The van der Waals surface area contributed by atoms with Gasteiger partial charge in [-0.05, 0) is 25.5 Å². The Morgan fingerprint density at radius 3 is 2.79 bits per heavy atom. The Balaban J connectivity index is 2.19. The number of hydrogen-bond donors (Lipinski definition) is 1. The molecule has 100 valence electrons. The van der Waals surface area contributed by atoms with Gasteiger partial charge < -0.3 is 9.88 Å². The summed E-state index contributed by atoms with van der Waals surface area (Å²) in [4.78, 5) is 16.2. The summed E-state index contributed by atoms with van der Waals surface area (Å²) in [6.45, 7) is 4.39. The summed E-state index contributed by atoms with van der Waals surface area (Å²) in [6.07, 6.45) is 3.31. The van der Waals surface area contributed by atoms with Gasteiger partial charge in [-0.25, -0.2) is 4.98 Å². The zero-order valence-corrected chi connectivity index (χ0v) is 11.7. The van der Waals surface area contributed by atoms with Crippen LogP contribution in [-0.2, 0) is 6.54 Å². The molecule has 0 saturated heterocycles. The lowest BCUT2D eigenvalue weighted by molar-refractivity contribution is 0.575. The number of aromatic nitrogens is 2. The molecule has 1 aromatic heterocycles. The third-order valence-electron chi connectivity index (χ3n) is 2.83. The van der Waals surface area contributed by atoms with E-state index >= 15 is 0 Å². The third kappa shape index (κ3) is 3.15. The van der Waals surface area contributed by atoms with Gasteiger partial charge in [-0.3, -0.25) is 4.79 Å². The van der Waals surface area contributed by atoms with Crippen molar-refractivity contribution in [2.45, 2.75) is 26.4 Å². The van der Waals surface area contributed by atoms with Crippen LogP contribution < -0.4 is 10.9 Å². The monoisotopic (exact) mass is 277 g/mol. The molecule has 1 heterocycles. The molecule has 4 nitrogen and oxygen atoms in total. The van der Waals surface area contributed by atoms with Gasteiger partial charge in [-0.15, -0.1) is 0 Å². The summed E-state index contributed by atoms with van der Waals surface area (Å²) in [5, 5.41) is 3.71. The van der Waals surface area contributed by atoms with Crippen molar-refractivity contribution < 1.29 is 0 Å². The van der Waals surface area contributed by atoms with Gasteiger partial charge in [-0.2, -0.15) is 0 Å². The predicted molar refractivity (Wildman–Crippen MR) is 77.7 cm³/mol. The fourth-order valence-corrected chi connectivity index (χ4v) is 1.98. The molecule has 5 heteroatoms. The minimum Gasteiger partial charge on any atom is -0.361 e. The van der Waals surface area contributed by atoms with Crippen LogP contribution in [-0.4, -0.2) is 9.55 Å². The molecule has 0 fully saturated rings. The second kappa shape index (κ2) is 5.89. The van der Waals surface area contributed by atoms with E-state index in [2.05, 4.69) is 10.3 Å². The molecule has 2 aromatic rings. The number of hydrogen-bond acceptors (Lipinski definition) is 3. The van der Waals surface area contributed by atoms with Crippen molar-refractivity contribution in [3.05, 3.63) is 57.6 Å². The quantitative estimate of drug-likeness (QED) is 0.934. The Kier molecular flexibility index (Phi) is 4.22. The van der Waals surface area contributed by atoms with E-state index in [4.69, 9.17) is 11.6 Å². The molecule has 0 atom stereocenters. The molecular weight excluding hydrogens is 262 g/mol. The fourth-order valence-electron chi connectivity index (χ4n) is 1.77. The summed E-state index contributed by atoms with van der Waals surface area (Å²) < 4.78 is 1.64. The molecule has 19 heavy (non-hydrogen) atoms. The van der Waals surface area contributed by atoms with Crippen molar-refractivity contribution in [1.29, 1.82) is 0 Å². The number of nitrogens with zero attached hydrogens (tertiary/aromatic N) is 2. The SMILES string of the molecule is CC(C)n1ccnc(NCc2ccccc2Cl)c1=O. The molecule has 2 rings (SSSR count). The molecular formula is C14H16ClN3O. The average Bonchev–Trinajstić information content (AvgIpc) is 2.39. The van der Waals surface area contributed by atoms with Crippen LogP contribution in [0.15, 0.2) is 41.5 Å². The summed E-state index contributed by atoms with van der Waals surface area (Å²) in [5.41, 5.74) is 0.815. The van der Waals surface area contributed by atoms with Crippen LogP contribution in [0.3, 0.4) is 0 Å². The molecule has 0 aliphatic rings. The fraction of sp³-hybridized carbons (Fsp3) is 0.286. The van der Waals surface area contributed by atoms with Crippen LogP contribution >= 0.6 is 11.6 Å². The molecule has 0 aliphatic carbocycles. The number of benzene rings is 1. The van der Waals surface area contributed by atoms with Crippen molar-refractivity contribution in [3.63, 3.8) is 0 Å². The minimum absolute atomic E-state index is 0.108. The van der Waals surface area contributed by atoms with E-state index in [9.17, 15) is 4.79 Å². The lowest BCUT2D eigenvalue weighted by Crippen LogP contribution is -2.25. The van der Waals surface area contributed by atoms with Crippen molar-refractivity contribution >= 4 is 17.4 Å². The molecule has 1 aromatic carbocycles. The average molecular weight is 278 g/mol. The van der Waals surface area contributed by atoms with E-state index in [1.54, 1.807) is 17.0 Å². The van der Waals surface area contributed by atoms with Crippen molar-refractivity contribution in [1.82, 2.24) is 9.55 Å². The topological polar surface area (TPSA) is 46.9 Å². The predicted octanol–water partition coefficient (Wildman–Crippen LogP) is 3.09. The largest absolute Gasteiger partial charge is 0.361 e. The highest BCUT2D eigenvalue weighted by Crippen LogP contribution is 2.15. The first-order valence-electron chi connectivity index (χ1n) is 6.14. The first kappa shape index (κ1) is 13.6. The Bertz CT molecular complexity index is 622. The van der Waals surface area contributed by atoms with Crippen molar-refractivity contribution in [2.75, 3.05) is 5.32 Å². The van der Waals surface area contributed by atoms with Crippen LogP contribution in [0, 0.1) is 0 Å². The molecule has 0 radical (unpaired) electrons. The molecule has 0 bridgehead atoms. The minimum atomic E-state index is -0.121. The Hall–Kier alpha value is -1.81. The second-order valence-corrected chi connectivity index (χ2v) is 4.93. The zero-order valence-electron chi connectivity index (χ0n) is 10.9. The standard InChI is InChI=1S/C14H16ClN3O/c1-10(2)18-8-7-16-13(14(18)19)17-9-11-5-3-4-6-12(11)15/h3-8,10H,9H2,1-2H3,(H,16,17). The van der Waals surface area contributed by atoms with Gasteiger partial charge in [0.25, 0.3) is 5.56 Å². The number of anilines is 1. The van der Waals surface area contributed by atoms with Gasteiger partial charge in [-0.1, -0.05) is 29.8 Å². The van der Waals surface area contributed by atoms with Gasteiger partial charge >= 0.3 is 0 Å². The van der Waals surface area contributed by atoms with Crippen molar-refractivity contribution in [3.8, 4) is 0 Å². The van der Waals surface area contributed by atoms with Gasteiger partial charge in [0.15, 0.2) is 5.82 Å². The summed E-state index contributed by atoms with van der Waals surface area (Å²) in [5.74, 6) is 0.344. The summed E-state index contributed by atoms with van der Waals surface area (Å²) in [6, 6.07) is 7.63. The Morgan fingerprint density at radius 2 is 2.11 bits per heavy atom. The highest BCUT2D eigenvalue weighted by molar-refractivity contribution is 6.31. The highest BCUT2D eigenvalue weighted by Gasteiger charge is 2.07. The highest BCUT2D eigenvalue weighted by atomic mass is 35.5. The van der Waals surface area contributed by atoms with Gasteiger partial charge in [0.05, 0.1) is 0 Å². The first-order valence-corrected chi connectivity index (χ1v) is 6.52. The molecule has 0 aliphatic heterocycles. The van der Waals surface area contributed by atoms with E-state index in [-0.39, 0.29) is 11.6 Å². The van der Waals surface area contributed by atoms with Crippen LogP contribution in [0.4, 0.5) is 5.82 Å². The maximum atomic E-state index is 12.1. The van der Waals surface area contributed by atoms with Gasteiger partial charge in [0.2, 0.25) is 0 Å². The van der Waals surface area contributed by atoms with Crippen molar-refractivity contribution in [2.24, 2.45) is 0 Å². The summed E-state index contributed by atoms with van der Waals surface area (Å²) in [7, 11) is 0. The first-order chi connectivity index (χ1) is 9.09. The smallest absolute Gasteiger partial charge is 0.293 e. The van der Waals surface area contributed by atoms with Crippen LogP contribution in [0.5, 0.6) is 0 Å². The van der Waals surface area contributed by atoms with Gasteiger partial charge in [0, 0.05) is 30.0 Å². The maximum Gasteiger partial charge on any atom is 0.293 e. The normalized spacial score (nSPS) is 10.7. The van der Waals surface area contributed by atoms with E-state index in [0.29, 0.717) is 17.4 Å². The third-order valence-corrected chi connectivity index (χ3v) is 3.20. The van der Waals surface area contributed by atoms with Gasteiger partial charge in [0.1, 0.15) is 0 Å². The Morgan fingerprint density at radius 1 is 1.37 bits per heavy atom. The van der Waals surface area contributed by atoms with E-state index in [0.717, 1.165) is 5.56 Å². The molecule has 1 N–H and O–H groups in total. The van der Waals surface area contributed by atoms with Crippen LogP contribution in [0.1, 0.15) is 25.5 Å². The molecule has 0 saturated carbocycles. The number of halogens is 1. The van der Waals surface area contributed by atoms with E-state index in [1.165, 1.54) is 0 Å². The van der Waals surface area contributed by atoms with E-state index < -0.39 is 0 Å². The zero-order chi connectivity index (χ0) is 13.8. The van der Waals surface area contributed by atoms with Crippen LogP contribution in [0.25, 0.3) is 0 Å². The number of nitrogens with one attached hydrogen (secondary N) is 1. The lowest BCUT2D eigenvalue weighted by Gasteiger charge is -2.12. The molecule has 0 unspecified atom stereocenters. The summed E-state index contributed by atoms with van der Waals surface area (Å²) >= 11 is 6.07. The second-order valence-electron chi connectivity index (χ2n) is 4.53. The van der Waals surface area contributed by atoms with Crippen LogP contribution in [0.2, 0.25) is 5.02 Å². The molecule has 0 spiro atoms. The number of rotatable bonds is 4.